The standard InChI is InChI=1S/C4H6Cl2OS/c1-3(6)8-4(7)2-5/h3H,2H2,1H3. The third kappa shape index (κ3) is 4.75. The first-order valence-corrected chi connectivity index (χ1v) is 3.91. The Morgan fingerprint density at radius 2 is 2.38 bits per heavy atom. The van der Waals surface area contributed by atoms with Crippen molar-refractivity contribution in [3.8, 4) is 0 Å². The Bertz CT molecular complexity index is 84.1. The van der Waals surface area contributed by atoms with Gasteiger partial charge in [0.2, 0.25) is 5.12 Å². The van der Waals surface area contributed by atoms with Gasteiger partial charge < -0.3 is 0 Å². The van der Waals surface area contributed by atoms with Gasteiger partial charge in [-0.15, -0.1) is 23.2 Å². The summed E-state index contributed by atoms with van der Waals surface area (Å²) in [6, 6.07) is 0. The van der Waals surface area contributed by atoms with Gasteiger partial charge in [0.25, 0.3) is 0 Å². The number of halogens is 2. The molecule has 0 aromatic carbocycles. The van der Waals surface area contributed by atoms with Gasteiger partial charge in [0.15, 0.2) is 0 Å². The van der Waals surface area contributed by atoms with Crippen LogP contribution in [0.15, 0.2) is 0 Å². The zero-order chi connectivity index (χ0) is 6.57. The Labute approximate surface area is 62.7 Å². The highest BCUT2D eigenvalue weighted by Gasteiger charge is 2.03. The molecule has 1 nitrogen and oxygen atoms in total. The monoisotopic (exact) mass is 172 g/mol. The quantitative estimate of drug-likeness (QED) is 0.594. The van der Waals surface area contributed by atoms with E-state index in [9.17, 15) is 4.79 Å². The molecule has 1 unspecified atom stereocenters. The number of hydrogen-bond acceptors (Lipinski definition) is 2. The van der Waals surface area contributed by atoms with Gasteiger partial charge in [-0.3, -0.25) is 4.79 Å². The average molecular weight is 173 g/mol. The second kappa shape index (κ2) is 4.48. The van der Waals surface area contributed by atoms with Crippen molar-refractivity contribution in [2.45, 2.75) is 11.6 Å². The Kier molecular flexibility index (Phi) is 4.81. The predicted octanol–water partition coefficient (Wildman–Crippen LogP) is 2.07. The van der Waals surface area contributed by atoms with E-state index in [1.807, 2.05) is 0 Å². The molecule has 0 spiro atoms. The number of thioether (sulfide) groups is 1. The minimum absolute atomic E-state index is 0.0434. The molecule has 8 heavy (non-hydrogen) atoms. The normalized spacial score (nSPS) is 13.4. The highest BCUT2D eigenvalue weighted by molar-refractivity contribution is 8.15. The van der Waals surface area contributed by atoms with Crippen LogP contribution >= 0.6 is 35.0 Å². The minimum Gasteiger partial charge on any atom is -0.286 e. The van der Waals surface area contributed by atoms with Crippen molar-refractivity contribution in [3.63, 3.8) is 0 Å². The maximum absolute atomic E-state index is 10.4. The van der Waals surface area contributed by atoms with E-state index in [1.54, 1.807) is 6.92 Å². The summed E-state index contributed by atoms with van der Waals surface area (Å²) in [5, 5.41) is -0.0748. The molecule has 0 amide bonds. The first kappa shape index (κ1) is 8.60. The molecule has 0 aromatic rings. The lowest BCUT2D eigenvalue weighted by molar-refractivity contribution is -0.108. The Morgan fingerprint density at radius 3 is 2.50 bits per heavy atom. The van der Waals surface area contributed by atoms with E-state index in [-0.39, 0.29) is 15.7 Å². The van der Waals surface area contributed by atoms with Gasteiger partial charge in [-0.05, 0) is 6.92 Å². The van der Waals surface area contributed by atoms with Gasteiger partial charge in [-0.25, -0.2) is 0 Å². The van der Waals surface area contributed by atoms with Gasteiger partial charge in [-0.1, -0.05) is 11.8 Å². The van der Waals surface area contributed by atoms with E-state index >= 15 is 0 Å². The summed E-state index contributed by atoms with van der Waals surface area (Å²) in [5.74, 6) is 0.0434. The molecule has 0 aliphatic rings. The lowest BCUT2D eigenvalue weighted by Crippen LogP contribution is -1.95. The van der Waals surface area contributed by atoms with Crippen LogP contribution in [0.3, 0.4) is 0 Å². The van der Waals surface area contributed by atoms with Crippen LogP contribution in [-0.2, 0) is 4.79 Å². The Morgan fingerprint density at radius 1 is 1.88 bits per heavy atom. The molecule has 0 fully saturated rings. The molecule has 48 valence electrons. The fourth-order valence-corrected chi connectivity index (χ4v) is 1.12. The summed E-state index contributed by atoms with van der Waals surface area (Å²) in [7, 11) is 0. The largest absolute Gasteiger partial charge is 0.286 e. The van der Waals surface area contributed by atoms with E-state index in [0.29, 0.717) is 0 Å². The molecule has 0 aliphatic heterocycles. The number of rotatable bonds is 2. The first-order chi connectivity index (χ1) is 3.66. The van der Waals surface area contributed by atoms with Gasteiger partial charge >= 0.3 is 0 Å². The van der Waals surface area contributed by atoms with Crippen LogP contribution in [0.1, 0.15) is 6.92 Å². The van der Waals surface area contributed by atoms with Crippen molar-refractivity contribution >= 4 is 40.1 Å². The van der Waals surface area contributed by atoms with E-state index in [2.05, 4.69) is 0 Å². The van der Waals surface area contributed by atoms with Gasteiger partial charge in [0.1, 0.15) is 0 Å². The molecule has 0 aliphatic carbocycles. The van der Waals surface area contributed by atoms with Gasteiger partial charge in [0, 0.05) is 0 Å². The topological polar surface area (TPSA) is 17.1 Å². The summed E-state index contributed by atoms with van der Waals surface area (Å²) in [5.41, 5.74) is 0. The van der Waals surface area contributed by atoms with Crippen molar-refractivity contribution in [2.75, 3.05) is 5.88 Å². The fourth-order valence-electron chi connectivity index (χ4n) is 0.213. The molecular weight excluding hydrogens is 167 g/mol. The summed E-state index contributed by atoms with van der Waals surface area (Å²) in [6.07, 6.45) is 0. The zero-order valence-corrected chi connectivity index (χ0v) is 6.69. The van der Waals surface area contributed by atoms with E-state index in [0.717, 1.165) is 11.8 Å². The molecule has 0 radical (unpaired) electrons. The van der Waals surface area contributed by atoms with Crippen molar-refractivity contribution in [3.05, 3.63) is 0 Å². The number of carbonyl (C=O) groups excluding carboxylic acids is 1. The highest BCUT2D eigenvalue weighted by Crippen LogP contribution is 2.14. The maximum Gasteiger partial charge on any atom is 0.205 e. The number of alkyl halides is 2. The van der Waals surface area contributed by atoms with Crippen LogP contribution < -0.4 is 0 Å². The molecule has 0 saturated heterocycles. The second-order valence-electron chi connectivity index (χ2n) is 1.17. The number of carbonyl (C=O) groups is 1. The van der Waals surface area contributed by atoms with Crippen LogP contribution in [0.5, 0.6) is 0 Å². The van der Waals surface area contributed by atoms with Crippen molar-refractivity contribution in [1.29, 1.82) is 0 Å². The van der Waals surface area contributed by atoms with E-state index in [4.69, 9.17) is 23.2 Å². The smallest absolute Gasteiger partial charge is 0.205 e. The molecule has 0 heterocycles. The Hall–Kier alpha value is 0.600. The highest BCUT2D eigenvalue weighted by atomic mass is 35.5. The van der Waals surface area contributed by atoms with Crippen LogP contribution in [0, 0.1) is 0 Å². The molecule has 0 aromatic heterocycles. The first-order valence-electron chi connectivity index (χ1n) is 2.06. The van der Waals surface area contributed by atoms with Crippen LogP contribution in [0.25, 0.3) is 0 Å². The van der Waals surface area contributed by atoms with Gasteiger partial charge in [-0.2, -0.15) is 0 Å². The van der Waals surface area contributed by atoms with Gasteiger partial charge in [0.05, 0.1) is 10.6 Å². The van der Waals surface area contributed by atoms with Crippen molar-refractivity contribution < 1.29 is 4.79 Å². The average Bonchev–Trinajstić information content (AvgIpc) is 1.65. The zero-order valence-electron chi connectivity index (χ0n) is 4.36. The molecule has 0 N–H and O–H groups in total. The Balaban J connectivity index is 3.25. The fraction of sp³-hybridized carbons (Fsp3) is 0.750. The molecule has 0 rings (SSSR count). The van der Waals surface area contributed by atoms with E-state index in [1.165, 1.54) is 0 Å². The van der Waals surface area contributed by atoms with Crippen LogP contribution in [-0.4, -0.2) is 15.7 Å². The molecule has 1 atom stereocenters. The molecular formula is C4H6Cl2OS. The maximum atomic E-state index is 10.4. The predicted molar refractivity (Wildman–Crippen MR) is 38.6 cm³/mol. The summed E-state index contributed by atoms with van der Waals surface area (Å²) >= 11 is 11.7. The van der Waals surface area contributed by atoms with Crippen LogP contribution in [0.4, 0.5) is 0 Å². The summed E-state index contributed by atoms with van der Waals surface area (Å²) in [4.78, 5) is 10.4. The molecule has 4 heteroatoms. The third-order valence-corrected chi connectivity index (χ3v) is 1.80. The number of hydrogen-bond donors (Lipinski definition) is 0. The van der Waals surface area contributed by atoms with Crippen LogP contribution in [0.2, 0.25) is 0 Å². The molecule has 0 bridgehead atoms. The summed E-state index contributed by atoms with van der Waals surface area (Å²) in [6.45, 7) is 1.73. The van der Waals surface area contributed by atoms with Crippen molar-refractivity contribution in [2.24, 2.45) is 0 Å². The SMILES string of the molecule is CC(Cl)SC(=O)CCl. The lowest BCUT2D eigenvalue weighted by Gasteiger charge is -1.95. The molecule has 0 saturated carbocycles. The lowest BCUT2D eigenvalue weighted by atomic mass is 10.9. The third-order valence-electron chi connectivity index (χ3n) is 0.403. The van der Waals surface area contributed by atoms with E-state index < -0.39 is 0 Å². The second-order valence-corrected chi connectivity index (χ2v) is 3.75. The van der Waals surface area contributed by atoms with Crippen molar-refractivity contribution in [1.82, 2.24) is 0 Å². The minimum atomic E-state index is -0.166. The summed E-state index contributed by atoms with van der Waals surface area (Å²) < 4.78 is -0.166.